The van der Waals surface area contributed by atoms with Crippen LogP contribution in [0.3, 0.4) is 0 Å². The van der Waals surface area contributed by atoms with E-state index in [-0.39, 0.29) is 27.4 Å². The topological polar surface area (TPSA) is 65.3 Å². The lowest BCUT2D eigenvalue weighted by Crippen LogP contribution is -1.95. The van der Waals surface area contributed by atoms with Gasteiger partial charge >= 0.3 is 0 Å². The Morgan fingerprint density at radius 2 is 1.90 bits per heavy atom. The molecule has 1 aromatic carbocycles. The number of aromatic nitrogens is 1. The van der Waals surface area contributed by atoms with Gasteiger partial charge in [0.1, 0.15) is 0 Å². The summed E-state index contributed by atoms with van der Waals surface area (Å²) in [7, 11) is 0. The molecule has 0 radical (unpaired) electrons. The van der Waals surface area contributed by atoms with E-state index in [1.807, 2.05) is 0 Å². The normalized spacial score (nSPS) is 10.4. The highest BCUT2D eigenvalue weighted by Gasteiger charge is 2.18. The van der Waals surface area contributed by atoms with Crippen LogP contribution in [0.4, 0.5) is 10.1 Å². The first-order valence-corrected chi connectivity index (χ1v) is 6.55. The molecule has 104 valence electrons. The minimum Gasteiger partial charge on any atom is -0.433 e. The lowest BCUT2D eigenvalue weighted by atomic mass is 10.3. The summed E-state index contributed by atoms with van der Waals surface area (Å²) in [4.78, 5) is 13.7. The molecule has 1 heterocycles. The molecule has 2 aromatic rings. The lowest BCUT2D eigenvalue weighted by molar-refractivity contribution is -0.384. The maximum absolute atomic E-state index is 13.6. The first-order chi connectivity index (χ1) is 9.38. The van der Waals surface area contributed by atoms with Crippen molar-refractivity contribution in [2.24, 2.45) is 0 Å². The van der Waals surface area contributed by atoms with Crippen LogP contribution < -0.4 is 4.74 Å². The van der Waals surface area contributed by atoms with E-state index in [0.717, 1.165) is 18.2 Å². The number of nitrogens with zero attached hydrogens (tertiary/aromatic N) is 2. The molecule has 0 aliphatic carbocycles. The van der Waals surface area contributed by atoms with Crippen molar-refractivity contribution in [1.29, 1.82) is 0 Å². The van der Waals surface area contributed by atoms with Crippen molar-refractivity contribution >= 4 is 44.8 Å². The molecular formula is C11H4BrCl2FN2O3. The van der Waals surface area contributed by atoms with Gasteiger partial charge in [-0.25, -0.2) is 9.37 Å². The van der Waals surface area contributed by atoms with Gasteiger partial charge in [0.25, 0.3) is 11.6 Å². The van der Waals surface area contributed by atoms with Gasteiger partial charge in [0.2, 0.25) is 0 Å². The highest BCUT2D eigenvalue weighted by Crippen LogP contribution is 2.39. The van der Waals surface area contributed by atoms with E-state index in [4.69, 9.17) is 27.9 Å². The summed E-state index contributed by atoms with van der Waals surface area (Å²) in [6.45, 7) is 0. The van der Waals surface area contributed by atoms with Crippen LogP contribution in [0.5, 0.6) is 11.6 Å². The number of nitro groups is 1. The number of hydrogen-bond donors (Lipinski definition) is 0. The van der Waals surface area contributed by atoms with E-state index in [1.54, 1.807) is 0 Å². The highest BCUT2D eigenvalue weighted by atomic mass is 79.9. The second-order valence-electron chi connectivity index (χ2n) is 3.54. The van der Waals surface area contributed by atoms with Gasteiger partial charge in [-0.15, -0.1) is 0 Å². The number of halogens is 4. The van der Waals surface area contributed by atoms with Crippen LogP contribution in [0.2, 0.25) is 10.0 Å². The molecule has 9 heteroatoms. The minimum atomic E-state index is -0.732. The number of rotatable bonds is 3. The Labute approximate surface area is 130 Å². The zero-order valence-electron chi connectivity index (χ0n) is 9.44. The summed E-state index contributed by atoms with van der Waals surface area (Å²) in [5.41, 5.74) is -0.295. The largest absolute Gasteiger partial charge is 0.433 e. The lowest BCUT2D eigenvalue weighted by Gasteiger charge is -2.09. The molecule has 0 spiro atoms. The molecule has 0 aliphatic rings. The molecule has 0 unspecified atom stereocenters. The number of benzene rings is 1. The first kappa shape index (κ1) is 15.0. The second kappa shape index (κ2) is 5.90. The average Bonchev–Trinajstić information content (AvgIpc) is 2.35. The molecule has 0 saturated carbocycles. The summed E-state index contributed by atoms with van der Waals surface area (Å²) < 4.78 is 19.2. The zero-order valence-corrected chi connectivity index (χ0v) is 12.5. The number of nitro benzene ring substituents is 1. The third-order valence-electron chi connectivity index (χ3n) is 2.17. The Morgan fingerprint density at radius 3 is 2.40 bits per heavy atom. The maximum atomic E-state index is 13.6. The summed E-state index contributed by atoms with van der Waals surface area (Å²) in [6.07, 6.45) is 1.33. The van der Waals surface area contributed by atoms with Crippen molar-refractivity contribution in [1.82, 2.24) is 4.98 Å². The molecule has 0 saturated heterocycles. The summed E-state index contributed by atoms with van der Waals surface area (Å²) in [5, 5.41) is 10.4. The van der Waals surface area contributed by atoms with E-state index in [0.29, 0.717) is 4.47 Å². The van der Waals surface area contributed by atoms with Crippen LogP contribution in [0.15, 0.2) is 28.9 Å². The Hall–Kier alpha value is -1.44. The van der Waals surface area contributed by atoms with Gasteiger partial charge in [-0.2, -0.15) is 0 Å². The van der Waals surface area contributed by atoms with E-state index >= 15 is 0 Å². The summed E-state index contributed by atoms with van der Waals surface area (Å²) in [5.74, 6) is -1.18. The highest BCUT2D eigenvalue weighted by molar-refractivity contribution is 9.10. The zero-order chi connectivity index (χ0) is 14.9. The van der Waals surface area contributed by atoms with Crippen molar-refractivity contribution in [3.8, 4) is 11.6 Å². The van der Waals surface area contributed by atoms with Crippen molar-refractivity contribution in [2.75, 3.05) is 0 Å². The van der Waals surface area contributed by atoms with Crippen molar-refractivity contribution < 1.29 is 14.1 Å². The van der Waals surface area contributed by atoms with Gasteiger partial charge in [-0.05, 0) is 22.0 Å². The van der Waals surface area contributed by atoms with E-state index < -0.39 is 10.7 Å². The van der Waals surface area contributed by atoms with Crippen molar-refractivity contribution in [2.45, 2.75) is 0 Å². The monoisotopic (exact) mass is 380 g/mol. The molecule has 0 fully saturated rings. The SMILES string of the molecule is O=[N+]([O-])c1cc(Cl)c(Oc2ncc(Br)cc2F)c(Cl)c1. The molecule has 5 nitrogen and oxygen atoms in total. The quantitative estimate of drug-likeness (QED) is 0.554. The number of hydrogen-bond acceptors (Lipinski definition) is 4. The fraction of sp³-hybridized carbons (Fsp3) is 0. The second-order valence-corrected chi connectivity index (χ2v) is 5.27. The molecule has 1 aromatic heterocycles. The van der Waals surface area contributed by atoms with Gasteiger partial charge in [0.15, 0.2) is 11.6 Å². The Bertz CT molecular complexity index is 676. The molecule has 2 rings (SSSR count). The maximum Gasteiger partial charge on any atom is 0.272 e. The van der Waals surface area contributed by atoms with Gasteiger partial charge in [0, 0.05) is 22.8 Å². The van der Waals surface area contributed by atoms with Crippen LogP contribution in [-0.4, -0.2) is 9.91 Å². The van der Waals surface area contributed by atoms with Crippen LogP contribution in [-0.2, 0) is 0 Å². The van der Waals surface area contributed by atoms with Gasteiger partial charge < -0.3 is 4.74 Å². The Morgan fingerprint density at radius 1 is 1.30 bits per heavy atom. The fourth-order valence-electron chi connectivity index (χ4n) is 1.32. The van der Waals surface area contributed by atoms with Crippen LogP contribution in [0.25, 0.3) is 0 Å². The summed E-state index contributed by atoms with van der Waals surface area (Å²) in [6, 6.07) is 3.26. The third-order valence-corrected chi connectivity index (χ3v) is 3.16. The van der Waals surface area contributed by atoms with Crippen molar-refractivity contribution in [3.63, 3.8) is 0 Å². The molecule has 0 amide bonds. The third kappa shape index (κ3) is 3.17. The summed E-state index contributed by atoms with van der Waals surface area (Å²) >= 11 is 14.7. The molecule has 0 bridgehead atoms. The van der Waals surface area contributed by atoms with E-state index in [1.165, 1.54) is 6.20 Å². The van der Waals surface area contributed by atoms with Crippen molar-refractivity contribution in [3.05, 3.63) is 54.8 Å². The number of non-ortho nitro benzene ring substituents is 1. The Kier molecular flexibility index (Phi) is 4.42. The smallest absolute Gasteiger partial charge is 0.272 e. The van der Waals surface area contributed by atoms with E-state index in [9.17, 15) is 14.5 Å². The van der Waals surface area contributed by atoms with Crippen LogP contribution >= 0.6 is 39.1 Å². The van der Waals surface area contributed by atoms with E-state index in [2.05, 4.69) is 20.9 Å². The Balaban J connectivity index is 2.41. The minimum absolute atomic E-state index is 0.104. The molecule has 0 atom stereocenters. The molecule has 0 aliphatic heterocycles. The number of pyridine rings is 1. The standard InChI is InChI=1S/C11H4BrCl2FN2O3/c12-5-1-9(15)11(16-4-5)20-10-7(13)2-6(17(18)19)3-8(10)14/h1-4H. The van der Waals surface area contributed by atoms with Crippen LogP contribution in [0.1, 0.15) is 0 Å². The molecule has 20 heavy (non-hydrogen) atoms. The predicted molar refractivity (Wildman–Crippen MR) is 75.1 cm³/mol. The first-order valence-electron chi connectivity index (χ1n) is 5.01. The van der Waals surface area contributed by atoms with Crippen LogP contribution in [0, 0.1) is 15.9 Å². The van der Waals surface area contributed by atoms with Gasteiger partial charge in [-0.3, -0.25) is 10.1 Å². The predicted octanol–water partition coefficient (Wildman–Crippen LogP) is 4.99. The van der Waals surface area contributed by atoms with Gasteiger partial charge in [-0.1, -0.05) is 23.2 Å². The molecule has 0 N–H and O–H groups in total. The number of ether oxygens (including phenoxy) is 1. The molecular weight excluding hydrogens is 378 g/mol. The van der Waals surface area contributed by atoms with Gasteiger partial charge in [0.05, 0.1) is 15.0 Å². The average molecular weight is 382 g/mol. The fourth-order valence-corrected chi connectivity index (χ4v) is 2.18.